The molecule has 1 heterocycles. The molecule has 2 N–H and O–H groups in total. The van der Waals surface area contributed by atoms with Crippen LogP contribution in [0.1, 0.15) is 6.42 Å². The highest BCUT2D eigenvalue weighted by atomic mass is 32.3. The molecule has 0 aromatic heterocycles. The van der Waals surface area contributed by atoms with Crippen LogP contribution in [-0.2, 0) is 28.9 Å². The zero-order valence-electron chi connectivity index (χ0n) is 8.68. The summed E-state index contributed by atoms with van der Waals surface area (Å²) in [6, 6.07) is 0. The first-order valence-corrected chi connectivity index (χ1v) is 5.81. The van der Waals surface area contributed by atoms with Crippen molar-refractivity contribution >= 4 is 16.4 Å². The lowest BCUT2D eigenvalue weighted by Crippen LogP contribution is -2.52. The Morgan fingerprint density at radius 1 is 1.47 bits per heavy atom. The van der Waals surface area contributed by atoms with E-state index in [2.05, 4.69) is 13.7 Å². The summed E-state index contributed by atoms with van der Waals surface area (Å²) in [6.45, 7) is 0. The van der Waals surface area contributed by atoms with Crippen LogP contribution in [0.15, 0.2) is 0 Å². The fourth-order valence-corrected chi connectivity index (χ4v) is 1.87. The van der Waals surface area contributed by atoms with E-state index >= 15 is 0 Å². The minimum Gasteiger partial charge on any atom is -0.726 e. The third kappa shape index (κ3) is 3.87. The largest absolute Gasteiger partial charge is 0.726 e. The molecule has 0 bridgehead atoms. The second kappa shape index (κ2) is 5.25. The number of methoxy groups -OCH3 is 1. The first-order chi connectivity index (χ1) is 7.74. The summed E-state index contributed by atoms with van der Waals surface area (Å²) in [5, 5.41) is 18.7. The van der Waals surface area contributed by atoms with Crippen molar-refractivity contribution in [3.8, 4) is 0 Å². The van der Waals surface area contributed by atoms with E-state index in [1.807, 2.05) is 0 Å². The summed E-state index contributed by atoms with van der Waals surface area (Å²) in [5.41, 5.74) is 0. The fraction of sp³-hybridized carbons (Fsp3) is 0.857. The first-order valence-electron chi connectivity index (χ1n) is 4.48. The first kappa shape index (κ1) is 14.3. The van der Waals surface area contributed by atoms with Crippen LogP contribution in [0.25, 0.3) is 0 Å². The SMILES string of the molecule is COC(=O)C1CC(O)C(OS(=O)(=O)[O-])C(O)O1. The number of esters is 1. The van der Waals surface area contributed by atoms with Gasteiger partial charge in [-0.15, -0.1) is 0 Å². The summed E-state index contributed by atoms with van der Waals surface area (Å²) >= 11 is 0. The second-order valence-corrected chi connectivity index (χ2v) is 4.32. The van der Waals surface area contributed by atoms with Gasteiger partial charge >= 0.3 is 5.97 Å². The van der Waals surface area contributed by atoms with E-state index < -0.39 is 41.0 Å². The number of aliphatic hydroxyl groups excluding tert-OH is 2. The molecule has 100 valence electrons. The highest BCUT2D eigenvalue weighted by molar-refractivity contribution is 7.80. The molecule has 10 heteroatoms. The topological polar surface area (TPSA) is 142 Å². The van der Waals surface area contributed by atoms with Crippen LogP contribution in [-0.4, -0.2) is 60.9 Å². The van der Waals surface area contributed by atoms with E-state index in [1.54, 1.807) is 0 Å². The van der Waals surface area contributed by atoms with Gasteiger partial charge in [0.15, 0.2) is 18.5 Å². The number of carbonyl (C=O) groups excluding carboxylic acids is 1. The predicted molar refractivity (Wildman–Crippen MR) is 48.1 cm³/mol. The lowest BCUT2D eigenvalue weighted by atomic mass is 10.0. The van der Waals surface area contributed by atoms with Crippen LogP contribution in [0.5, 0.6) is 0 Å². The Bertz CT molecular complexity index is 365. The number of carbonyl (C=O) groups is 1. The molecule has 0 radical (unpaired) electrons. The molecule has 0 spiro atoms. The lowest BCUT2D eigenvalue weighted by Gasteiger charge is -2.35. The average molecular weight is 271 g/mol. The van der Waals surface area contributed by atoms with E-state index in [4.69, 9.17) is 0 Å². The molecule has 0 aromatic rings. The highest BCUT2D eigenvalue weighted by Gasteiger charge is 2.42. The number of ether oxygens (including phenoxy) is 2. The minimum atomic E-state index is -5.10. The van der Waals surface area contributed by atoms with Crippen LogP contribution in [0.3, 0.4) is 0 Å². The minimum absolute atomic E-state index is 0.357. The highest BCUT2D eigenvalue weighted by Crippen LogP contribution is 2.23. The number of rotatable bonds is 3. The van der Waals surface area contributed by atoms with Crippen molar-refractivity contribution in [2.75, 3.05) is 7.11 Å². The van der Waals surface area contributed by atoms with Gasteiger partial charge in [0.1, 0.15) is 0 Å². The van der Waals surface area contributed by atoms with Gasteiger partial charge in [0.2, 0.25) is 10.4 Å². The van der Waals surface area contributed by atoms with Gasteiger partial charge in [-0.1, -0.05) is 0 Å². The van der Waals surface area contributed by atoms with Crippen LogP contribution in [0.4, 0.5) is 0 Å². The molecule has 1 fully saturated rings. The Hall–Kier alpha value is -0.780. The van der Waals surface area contributed by atoms with Crippen molar-refractivity contribution in [3.05, 3.63) is 0 Å². The van der Waals surface area contributed by atoms with Gasteiger partial charge in [-0.05, 0) is 0 Å². The van der Waals surface area contributed by atoms with E-state index in [1.165, 1.54) is 0 Å². The molecule has 1 aliphatic rings. The van der Waals surface area contributed by atoms with Gasteiger partial charge in [-0.25, -0.2) is 13.2 Å². The van der Waals surface area contributed by atoms with E-state index in [0.29, 0.717) is 0 Å². The zero-order valence-corrected chi connectivity index (χ0v) is 9.49. The smallest absolute Gasteiger partial charge is 0.335 e. The maximum Gasteiger partial charge on any atom is 0.335 e. The molecule has 4 unspecified atom stereocenters. The second-order valence-electron chi connectivity index (χ2n) is 3.31. The molecular weight excluding hydrogens is 260 g/mol. The monoisotopic (exact) mass is 271 g/mol. The molecule has 0 aromatic carbocycles. The van der Waals surface area contributed by atoms with Gasteiger partial charge in [0, 0.05) is 6.42 Å². The molecule has 9 nitrogen and oxygen atoms in total. The molecule has 1 aliphatic heterocycles. The molecule has 0 aliphatic carbocycles. The normalized spacial score (nSPS) is 34.4. The Kier molecular flexibility index (Phi) is 4.41. The Labute approximate surface area is 96.9 Å². The summed E-state index contributed by atoms with van der Waals surface area (Å²) in [4.78, 5) is 11.1. The Balaban J connectivity index is 2.72. The fourth-order valence-electron chi connectivity index (χ4n) is 1.38. The maximum absolute atomic E-state index is 11.1. The average Bonchev–Trinajstić information content (AvgIpc) is 2.20. The number of hydrogen-bond acceptors (Lipinski definition) is 9. The van der Waals surface area contributed by atoms with Crippen molar-refractivity contribution in [2.24, 2.45) is 0 Å². The van der Waals surface area contributed by atoms with Gasteiger partial charge in [0.25, 0.3) is 0 Å². The van der Waals surface area contributed by atoms with Crippen molar-refractivity contribution in [2.45, 2.75) is 31.0 Å². The third-order valence-corrected chi connectivity index (χ3v) is 2.57. The molecule has 0 amide bonds. The molecular formula is C7H11O9S-. The molecule has 4 atom stereocenters. The van der Waals surface area contributed by atoms with Crippen LogP contribution < -0.4 is 0 Å². The van der Waals surface area contributed by atoms with E-state index in [9.17, 15) is 28.0 Å². The van der Waals surface area contributed by atoms with Crippen LogP contribution >= 0.6 is 0 Å². The van der Waals surface area contributed by atoms with E-state index in [0.717, 1.165) is 7.11 Å². The van der Waals surface area contributed by atoms with Crippen molar-refractivity contribution in [3.63, 3.8) is 0 Å². The predicted octanol–water partition coefficient (Wildman–Crippen LogP) is -2.53. The van der Waals surface area contributed by atoms with Crippen molar-refractivity contribution in [1.82, 2.24) is 0 Å². The zero-order chi connectivity index (χ0) is 13.2. The number of aliphatic hydroxyl groups is 2. The lowest BCUT2D eigenvalue weighted by molar-refractivity contribution is -0.243. The van der Waals surface area contributed by atoms with Crippen LogP contribution in [0, 0.1) is 0 Å². The standard InChI is InChI=1S/C7H12O9S/c1-14-6(9)4-2-3(8)5(7(10)15-4)16-17(11,12)13/h3-5,7-8,10H,2H2,1H3,(H,11,12,13)/p-1. The molecule has 0 saturated carbocycles. The van der Waals surface area contributed by atoms with Gasteiger partial charge in [-0.3, -0.25) is 4.18 Å². The molecule has 17 heavy (non-hydrogen) atoms. The van der Waals surface area contributed by atoms with Gasteiger partial charge in [-0.2, -0.15) is 0 Å². The molecule has 1 saturated heterocycles. The third-order valence-electron chi connectivity index (χ3n) is 2.11. The van der Waals surface area contributed by atoms with E-state index in [-0.39, 0.29) is 6.42 Å². The summed E-state index contributed by atoms with van der Waals surface area (Å²) in [7, 11) is -4.02. The number of hydrogen-bond donors (Lipinski definition) is 2. The maximum atomic E-state index is 11.1. The quantitative estimate of drug-likeness (QED) is 0.322. The van der Waals surface area contributed by atoms with Gasteiger partial charge in [0.05, 0.1) is 13.2 Å². The van der Waals surface area contributed by atoms with Crippen molar-refractivity contribution in [1.29, 1.82) is 0 Å². The van der Waals surface area contributed by atoms with Crippen molar-refractivity contribution < 1.29 is 41.6 Å². The summed E-state index contributed by atoms with van der Waals surface area (Å²) < 4.78 is 43.8. The van der Waals surface area contributed by atoms with Gasteiger partial charge < -0.3 is 24.2 Å². The molecule has 1 rings (SSSR count). The summed E-state index contributed by atoms with van der Waals surface area (Å²) in [6.07, 6.45) is -6.85. The van der Waals surface area contributed by atoms with Crippen LogP contribution in [0.2, 0.25) is 0 Å². The Morgan fingerprint density at radius 3 is 2.47 bits per heavy atom. The summed E-state index contributed by atoms with van der Waals surface area (Å²) in [5.74, 6) is -0.841. The Morgan fingerprint density at radius 2 is 2.06 bits per heavy atom.